The van der Waals surface area contributed by atoms with Gasteiger partial charge < -0.3 is 15.0 Å². The third-order valence-corrected chi connectivity index (χ3v) is 9.82. The molecule has 4 fully saturated rings. The average Bonchev–Trinajstić information content (AvgIpc) is 3.35. The standard InChI is InChI=1S/C23H32O4.K/c1-21-7-3-13(24)11-18(21)14-12-15(14)20-16(21)4-8-22(2)17(20)5-9-23(22,27)10-6-19(25)26;/h11,14-17,20,27H,3-10,12H2,1-2H3,(H,25,26);/q;+1/p-1/t14-,15+,16?,17?,20?,21-,22+,23-;/m1./s1. The van der Waals surface area contributed by atoms with E-state index in [1.54, 1.807) is 0 Å². The molecule has 8 atom stereocenters. The summed E-state index contributed by atoms with van der Waals surface area (Å²) in [6.07, 6.45) is 8.93. The van der Waals surface area contributed by atoms with Gasteiger partial charge in [-0.3, -0.25) is 4.79 Å². The molecule has 3 unspecified atom stereocenters. The van der Waals surface area contributed by atoms with Crippen LogP contribution in [0.5, 0.6) is 0 Å². The first-order chi connectivity index (χ1) is 12.7. The molecule has 148 valence electrons. The number of rotatable bonds is 3. The first-order valence-electron chi connectivity index (χ1n) is 10.9. The maximum atomic E-state index is 12.1. The predicted molar refractivity (Wildman–Crippen MR) is 98.3 cm³/mol. The van der Waals surface area contributed by atoms with Gasteiger partial charge in [-0.1, -0.05) is 19.4 Å². The van der Waals surface area contributed by atoms with Crippen LogP contribution >= 0.6 is 0 Å². The van der Waals surface area contributed by atoms with Gasteiger partial charge in [0.25, 0.3) is 0 Å². The van der Waals surface area contributed by atoms with Crippen LogP contribution in [-0.4, -0.2) is 22.5 Å². The van der Waals surface area contributed by atoms with Gasteiger partial charge in [0.15, 0.2) is 5.78 Å². The predicted octanol–water partition coefficient (Wildman–Crippen LogP) is -0.361. The third-order valence-electron chi connectivity index (χ3n) is 9.82. The first-order valence-corrected chi connectivity index (χ1v) is 10.9. The molecule has 0 aromatic rings. The minimum absolute atomic E-state index is 0. The summed E-state index contributed by atoms with van der Waals surface area (Å²) in [5, 5.41) is 22.5. The van der Waals surface area contributed by atoms with Crippen LogP contribution in [0.4, 0.5) is 0 Å². The van der Waals surface area contributed by atoms with E-state index < -0.39 is 11.6 Å². The molecule has 1 N–H and O–H groups in total. The van der Waals surface area contributed by atoms with Crippen LogP contribution in [0.15, 0.2) is 11.6 Å². The number of aliphatic carboxylic acids is 1. The number of carboxylic acids is 1. The van der Waals surface area contributed by atoms with Crippen molar-refractivity contribution in [2.45, 2.75) is 77.2 Å². The number of carboxylic acid groups (broad SMARTS) is 1. The number of ketones is 1. The smallest absolute Gasteiger partial charge is 0.550 e. The second-order valence-corrected chi connectivity index (χ2v) is 10.7. The van der Waals surface area contributed by atoms with Crippen molar-refractivity contribution in [1.82, 2.24) is 0 Å². The van der Waals surface area contributed by atoms with Gasteiger partial charge in [0.1, 0.15) is 0 Å². The van der Waals surface area contributed by atoms with Crippen LogP contribution in [0.3, 0.4) is 0 Å². The van der Waals surface area contributed by atoms with Gasteiger partial charge in [-0.05, 0) is 97.9 Å². The van der Waals surface area contributed by atoms with E-state index in [2.05, 4.69) is 13.8 Å². The van der Waals surface area contributed by atoms with Crippen molar-refractivity contribution in [3.8, 4) is 0 Å². The van der Waals surface area contributed by atoms with Gasteiger partial charge in [-0.25, -0.2) is 0 Å². The van der Waals surface area contributed by atoms with Crippen LogP contribution in [-0.2, 0) is 9.59 Å². The van der Waals surface area contributed by atoms with Crippen LogP contribution in [0.25, 0.3) is 0 Å². The van der Waals surface area contributed by atoms with Gasteiger partial charge in [-0.15, -0.1) is 0 Å². The Morgan fingerprint density at radius 2 is 1.93 bits per heavy atom. The van der Waals surface area contributed by atoms with E-state index in [9.17, 15) is 19.8 Å². The number of aliphatic hydroxyl groups is 1. The third kappa shape index (κ3) is 2.86. The van der Waals surface area contributed by atoms with E-state index >= 15 is 0 Å². The van der Waals surface area contributed by atoms with Crippen molar-refractivity contribution < 1.29 is 71.2 Å². The molecule has 0 saturated heterocycles. The van der Waals surface area contributed by atoms with Gasteiger partial charge in [0.2, 0.25) is 0 Å². The van der Waals surface area contributed by atoms with E-state index in [4.69, 9.17) is 0 Å². The summed E-state index contributed by atoms with van der Waals surface area (Å²) in [5.41, 5.74) is 0.549. The van der Waals surface area contributed by atoms with Crippen molar-refractivity contribution in [3.05, 3.63) is 11.6 Å². The van der Waals surface area contributed by atoms with E-state index in [0.29, 0.717) is 48.2 Å². The van der Waals surface area contributed by atoms with Crippen molar-refractivity contribution in [1.29, 1.82) is 0 Å². The normalized spacial score (nSPS) is 51.0. The fraction of sp³-hybridized carbons (Fsp3) is 0.826. The Morgan fingerprint density at radius 3 is 2.64 bits per heavy atom. The quantitative estimate of drug-likeness (QED) is 0.645. The summed E-state index contributed by atoms with van der Waals surface area (Å²) >= 11 is 0. The van der Waals surface area contributed by atoms with Crippen LogP contribution in [0, 0.1) is 40.4 Å². The Bertz CT molecular complexity index is 747. The number of hydrogen-bond donors (Lipinski definition) is 1. The Hall–Kier alpha value is 0.476. The molecule has 0 bridgehead atoms. The molecule has 0 radical (unpaired) electrons. The second kappa shape index (κ2) is 6.99. The van der Waals surface area contributed by atoms with Crippen LogP contribution in [0.1, 0.15) is 71.6 Å². The van der Waals surface area contributed by atoms with Crippen LogP contribution < -0.4 is 56.5 Å². The fourth-order valence-corrected chi connectivity index (χ4v) is 8.23. The number of carbonyl (C=O) groups is 2. The molecule has 28 heavy (non-hydrogen) atoms. The SMILES string of the molecule is C[C@]12CCC(=O)C=C1[C@@H]1C[C@@H]1C1C2CC[C@@]2(C)C1CC[C@@]2(O)CCC(=O)[O-].[K+]. The number of allylic oxidation sites excluding steroid dienone is 1. The Morgan fingerprint density at radius 1 is 1.21 bits per heavy atom. The molecular weight excluding hydrogens is 379 g/mol. The summed E-state index contributed by atoms with van der Waals surface area (Å²) in [7, 11) is 0. The molecule has 5 rings (SSSR count). The van der Waals surface area contributed by atoms with Crippen LogP contribution in [0.2, 0.25) is 0 Å². The summed E-state index contributed by atoms with van der Waals surface area (Å²) in [6, 6.07) is 0. The van der Waals surface area contributed by atoms with E-state index in [1.807, 2.05) is 6.08 Å². The Kier molecular flexibility index (Phi) is 5.42. The van der Waals surface area contributed by atoms with Gasteiger partial charge in [0.05, 0.1) is 5.60 Å². The minimum Gasteiger partial charge on any atom is -0.550 e. The van der Waals surface area contributed by atoms with Gasteiger partial charge in [0, 0.05) is 12.4 Å². The first kappa shape index (κ1) is 21.7. The largest absolute Gasteiger partial charge is 1.00 e. The van der Waals surface area contributed by atoms with Crippen molar-refractivity contribution in [2.24, 2.45) is 40.4 Å². The summed E-state index contributed by atoms with van der Waals surface area (Å²) < 4.78 is 0. The molecule has 0 amide bonds. The zero-order valence-electron chi connectivity index (χ0n) is 17.5. The van der Waals surface area contributed by atoms with Crippen molar-refractivity contribution in [3.63, 3.8) is 0 Å². The number of carbonyl (C=O) groups excluding carboxylic acids is 2. The molecular formula is C23H31KO4. The maximum Gasteiger partial charge on any atom is 1.00 e. The minimum atomic E-state index is -1.06. The molecule has 0 heterocycles. The Labute approximate surface area is 210 Å². The molecule has 4 saturated carbocycles. The fourth-order valence-electron chi connectivity index (χ4n) is 8.23. The number of hydrogen-bond acceptors (Lipinski definition) is 4. The van der Waals surface area contributed by atoms with Gasteiger partial charge >= 0.3 is 51.4 Å². The zero-order valence-corrected chi connectivity index (χ0v) is 20.6. The Balaban J connectivity index is 0.00000192. The van der Waals surface area contributed by atoms with Gasteiger partial charge in [-0.2, -0.15) is 0 Å². The summed E-state index contributed by atoms with van der Waals surface area (Å²) in [4.78, 5) is 23.1. The molecule has 0 spiro atoms. The molecule has 4 nitrogen and oxygen atoms in total. The average molecular weight is 411 g/mol. The maximum absolute atomic E-state index is 12.1. The van der Waals surface area contributed by atoms with E-state index in [1.165, 1.54) is 12.0 Å². The van der Waals surface area contributed by atoms with Crippen molar-refractivity contribution in [2.75, 3.05) is 0 Å². The van der Waals surface area contributed by atoms with E-state index in [0.717, 1.165) is 32.1 Å². The summed E-state index contributed by atoms with van der Waals surface area (Å²) in [5.74, 6) is 2.23. The summed E-state index contributed by atoms with van der Waals surface area (Å²) in [6.45, 7) is 4.63. The molecule has 5 aliphatic carbocycles. The number of fused-ring (bicyclic) bond motifs is 8. The molecule has 0 aromatic carbocycles. The zero-order chi connectivity index (χ0) is 19.2. The second-order valence-electron chi connectivity index (χ2n) is 10.7. The van der Waals surface area contributed by atoms with E-state index in [-0.39, 0.29) is 68.6 Å². The molecule has 5 aliphatic rings. The monoisotopic (exact) mass is 410 g/mol. The topological polar surface area (TPSA) is 77.4 Å². The molecule has 0 aliphatic heterocycles. The van der Waals surface area contributed by atoms with Crippen molar-refractivity contribution >= 4 is 11.8 Å². The molecule has 5 heteroatoms. The molecule has 0 aromatic heterocycles.